The topological polar surface area (TPSA) is 84.2 Å². The zero-order valence-electron chi connectivity index (χ0n) is 17.1. The van der Waals surface area contributed by atoms with Crippen LogP contribution < -0.4 is 10.9 Å². The maximum atomic E-state index is 13.3. The number of nitrogens with one attached hydrogen (secondary N) is 1. The summed E-state index contributed by atoms with van der Waals surface area (Å²) in [6.07, 6.45) is 0. The van der Waals surface area contributed by atoms with E-state index in [9.17, 15) is 14.7 Å². The van der Waals surface area contributed by atoms with Gasteiger partial charge in [-0.3, -0.25) is 14.2 Å². The number of nitrogens with zero attached hydrogens (tertiary/aromatic N) is 2. The molecule has 0 bridgehead atoms. The van der Waals surface area contributed by atoms with Crippen LogP contribution in [-0.2, 0) is 4.79 Å². The van der Waals surface area contributed by atoms with Gasteiger partial charge in [-0.2, -0.15) is 0 Å². The number of thioether (sulfide) groups is 1. The predicted octanol–water partition coefficient (Wildman–Crippen LogP) is 4.44. The number of aromatic nitrogens is 2. The number of aromatic hydroxyl groups is 1. The van der Waals surface area contributed by atoms with E-state index in [-0.39, 0.29) is 23.0 Å². The quantitative estimate of drug-likeness (QED) is 0.277. The van der Waals surface area contributed by atoms with Crippen LogP contribution in [-0.4, -0.2) is 26.3 Å². The molecule has 0 saturated carbocycles. The Balaban J connectivity index is 1.69. The number of anilines is 1. The van der Waals surface area contributed by atoms with Gasteiger partial charge in [0.25, 0.3) is 5.56 Å². The minimum absolute atomic E-state index is 0.0798. The van der Waals surface area contributed by atoms with Crippen LogP contribution in [0.3, 0.4) is 0 Å². The molecule has 4 rings (SSSR count). The molecule has 2 N–H and O–H groups in total. The summed E-state index contributed by atoms with van der Waals surface area (Å²) in [5, 5.41) is 13.1. The Labute approximate surface area is 183 Å². The molecule has 0 spiro atoms. The van der Waals surface area contributed by atoms with E-state index in [0.717, 1.165) is 16.8 Å². The Morgan fingerprint density at radius 3 is 2.42 bits per heavy atom. The summed E-state index contributed by atoms with van der Waals surface area (Å²) in [6, 6.07) is 19.4. The number of rotatable bonds is 5. The van der Waals surface area contributed by atoms with E-state index >= 15 is 0 Å². The minimum atomic E-state index is -0.231. The van der Waals surface area contributed by atoms with E-state index in [1.54, 1.807) is 28.8 Å². The summed E-state index contributed by atoms with van der Waals surface area (Å²) in [5.41, 5.74) is 3.81. The number of phenolic OH excluding ortho intramolecular Hbond substituents is 1. The van der Waals surface area contributed by atoms with Crippen LogP contribution in [0.2, 0.25) is 0 Å². The second kappa shape index (κ2) is 8.65. The van der Waals surface area contributed by atoms with Crippen molar-refractivity contribution in [3.8, 4) is 11.4 Å². The lowest BCUT2D eigenvalue weighted by atomic mass is 10.1. The third kappa shape index (κ3) is 4.62. The molecular weight excluding hydrogens is 410 g/mol. The van der Waals surface area contributed by atoms with Crippen LogP contribution >= 0.6 is 11.8 Å². The molecule has 3 aromatic carbocycles. The molecule has 1 amide bonds. The second-order valence-corrected chi connectivity index (χ2v) is 8.22. The number of aryl methyl sites for hydroxylation is 2. The number of amides is 1. The summed E-state index contributed by atoms with van der Waals surface area (Å²) in [5.74, 6) is -0.0218. The van der Waals surface area contributed by atoms with E-state index in [2.05, 4.69) is 10.3 Å². The molecule has 156 valence electrons. The summed E-state index contributed by atoms with van der Waals surface area (Å²) in [7, 11) is 0. The second-order valence-electron chi connectivity index (χ2n) is 7.28. The van der Waals surface area contributed by atoms with Gasteiger partial charge in [0.1, 0.15) is 5.75 Å². The number of hydrogen-bond acceptors (Lipinski definition) is 5. The number of phenols is 1. The molecule has 0 saturated heterocycles. The van der Waals surface area contributed by atoms with Gasteiger partial charge in [0, 0.05) is 5.69 Å². The van der Waals surface area contributed by atoms with Gasteiger partial charge >= 0.3 is 0 Å². The van der Waals surface area contributed by atoms with E-state index in [1.807, 2.05) is 44.2 Å². The monoisotopic (exact) mass is 431 g/mol. The molecule has 0 radical (unpaired) electrons. The van der Waals surface area contributed by atoms with Crippen LogP contribution in [0.5, 0.6) is 5.75 Å². The smallest absolute Gasteiger partial charge is 0.266 e. The number of hydrogen-bond donors (Lipinski definition) is 2. The van der Waals surface area contributed by atoms with E-state index in [1.165, 1.54) is 23.9 Å². The highest BCUT2D eigenvalue weighted by atomic mass is 32.2. The van der Waals surface area contributed by atoms with Crippen molar-refractivity contribution in [3.05, 3.63) is 88.2 Å². The van der Waals surface area contributed by atoms with Crippen LogP contribution in [0.15, 0.2) is 76.7 Å². The number of carbonyl (C=O) groups excluding carboxylic acids is 1. The maximum Gasteiger partial charge on any atom is 0.266 e. The largest absolute Gasteiger partial charge is 0.508 e. The molecule has 4 aromatic rings. The fourth-order valence-corrected chi connectivity index (χ4v) is 4.20. The molecule has 1 aromatic heterocycles. The standard InChI is InChI=1S/C24H21N3O3S/c1-15-11-16(2)13-18(12-15)27-23(30)20-5-3-4-6-21(20)26-24(27)31-14-22(29)25-17-7-9-19(28)10-8-17/h3-13,28H,14H2,1-2H3,(H,25,29). The molecular formula is C24H21N3O3S. The predicted molar refractivity (Wildman–Crippen MR) is 124 cm³/mol. The minimum Gasteiger partial charge on any atom is -0.508 e. The highest BCUT2D eigenvalue weighted by Gasteiger charge is 2.15. The normalized spacial score (nSPS) is 10.9. The molecule has 31 heavy (non-hydrogen) atoms. The van der Waals surface area contributed by atoms with Crippen molar-refractivity contribution in [1.82, 2.24) is 9.55 Å². The van der Waals surface area contributed by atoms with Gasteiger partial charge in [-0.05, 0) is 73.5 Å². The van der Waals surface area contributed by atoms with Gasteiger partial charge in [-0.25, -0.2) is 4.98 Å². The highest BCUT2D eigenvalue weighted by Crippen LogP contribution is 2.23. The van der Waals surface area contributed by atoms with Crippen LogP contribution in [0, 0.1) is 13.8 Å². The van der Waals surface area contributed by atoms with Crippen LogP contribution in [0.1, 0.15) is 11.1 Å². The molecule has 0 unspecified atom stereocenters. The van der Waals surface area contributed by atoms with Gasteiger partial charge < -0.3 is 10.4 Å². The zero-order chi connectivity index (χ0) is 22.0. The average molecular weight is 432 g/mol. The average Bonchev–Trinajstić information content (AvgIpc) is 2.73. The van der Waals surface area contributed by atoms with Crippen LogP contribution in [0.4, 0.5) is 5.69 Å². The lowest BCUT2D eigenvalue weighted by Gasteiger charge is -2.14. The van der Waals surface area contributed by atoms with Crippen molar-refractivity contribution in [2.75, 3.05) is 11.1 Å². The van der Waals surface area contributed by atoms with Crippen molar-refractivity contribution in [2.24, 2.45) is 0 Å². The summed E-state index contributed by atoms with van der Waals surface area (Å²) in [4.78, 5) is 30.5. The zero-order valence-corrected chi connectivity index (χ0v) is 17.9. The number of benzene rings is 3. The number of para-hydroxylation sites is 1. The van der Waals surface area contributed by atoms with Crippen molar-refractivity contribution in [1.29, 1.82) is 0 Å². The molecule has 6 nitrogen and oxygen atoms in total. The highest BCUT2D eigenvalue weighted by molar-refractivity contribution is 7.99. The third-order valence-electron chi connectivity index (χ3n) is 4.69. The Bertz CT molecular complexity index is 1310. The lowest BCUT2D eigenvalue weighted by Crippen LogP contribution is -2.23. The van der Waals surface area contributed by atoms with Gasteiger partial charge in [0.15, 0.2) is 5.16 Å². The Morgan fingerprint density at radius 1 is 1.03 bits per heavy atom. The first-order valence-electron chi connectivity index (χ1n) is 9.73. The van der Waals surface area contributed by atoms with Crippen molar-refractivity contribution < 1.29 is 9.90 Å². The fourth-order valence-electron chi connectivity index (χ4n) is 3.39. The van der Waals surface area contributed by atoms with Gasteiger partial charge in [-0.1, -0.05) is 30.0 Å². The molecule has 1 heterocycles. The Hall–Kier alpha value is -3.58. The third-order valence-corrected chi connectivity index (χ3v) is 5.63. The number of fused-ring (bicyclic) bond motifs is 1. The molecule has 0 aliphatic carbocycles. The Kier molecular flexibility index (Phi) is 5.77. The first kappa shape index (κ1) is 20.7. The van der Waals surface area contributed by atoms with Gasteiger partial charge in [0.05, 0.1) is 22.3 Å². The maximum absolute atomic E-state index is 13.3. The SMILES string of the molecule is Cc1cc(C)cc(-n2c(SCC(=O)Nc3ccc(O)cc3)nc3ccccc3c2=O)c1. The van der Waals surface area contributed by atoms with E-state index < -0.39 is 0 Å². The number of carbonyl (C=O) groups is 1. The summed E-state index contributed by atoms with van der Waals surface area (Å²) >= 11 is 1.20. The van der Waals surface area contributed by atoms with Crippen molar-refractivity contribution >= 4 is 34.3 Å². The molecule has 0 aliphatic rings. The van der Waals surface area contributed by atoms with E-state index in [0.29, 0.717) is 21.7 Å². The summed E-state index contributed by atoms with van der Waals surface area (Å²) in [6.45, 7) is 3.96. The van der Waals surface area contributed by atoms with E-state index in [4.69, 9.17) is 0 Å². The molecule has 7 heteroatoms. The van der Waals surface area contributed by atoms with Gasteiger partial charge in [0.2, 0.25) is 5.91 Å². The van der Waals surface area contributed by atoms with Crippen molar-refractivity contribution in [3.63, 3.8) is 0 Å². The first-order chi connectivity index (χ1) is 14.9. The van der Waals surface area contributed by atoms with Crippen LogP contribution in [0.25, 0.3) is 16.6 Å². The Morgan fingerprint density at radius 2 is 1.71 bits per heavy atom. The first-order valence-corrected chi connectivity index (χ1v) is 10.7. The van der Waals surface area contributed by atoms with Gasteiger partial charge in [-0.15, -0.1) is 0 Å². The lowest BCUT2D eigenvalue weighted by molar-refractivity contribution is -0.113. The molecule has 0 atom stereocenters. The fraction of sp³-hybridized carbons (Fsp3) is 0.125. The molecule has 0 fully saturated rings. The van der Waals surface area contributed by atoms with Crippen molar-refractivity contribution in [2.45, 2.75) is 19.0 Å². The molecule has 0 aliphatic heterocycles. The summed E-state index contributed by atoms with van der Waals surface area (Å²) < 4.78 is 1.57.